The molecule has 0 saturated heterocycles. The summed E-state index contributed by atoms with van der Waals surface area (Å²) >= 11 is 0. The Bertz CT molecular complexity index is 591. The molecule has 0 saturated carbocycles. The minimum absolute atomic E-state index is 0.165. The molecule has 3 atom stereocenters. The number of aliphatic carboxylic acids is 1. The average molecular weight is 526 g/mol. The van der Waals surface area contributed by atoms with Crippen molar-refractivity contribution in [2.24, 2.45) is 0 Å². The Balaban J connectivity index is 3.79. The van der Waals surface area contributed by atoms with E-state index >= 15 is 0 Å². The van der Waals surface area contributed by atoms with Gasteiger partial charge in [-0.25, -0.2) is 9.36 Å². The van der Waals surface area contributed by atoms with Crippen LogP contribution < -0.4 is 5.32 Å². The zero-order valence-corrected chi connectivity index (χ0v) is 22.3. The molecule has 0 aliphatic rings. The summed E-state index contributed by atoms with van der Waals surface area (Å²) in [6.45, 7) is 0.130. The molecule has 0 aromatic carbocycles. The van der Waals surface area contributed by atoms with Crippen molar-refractivity contribution in [3.05, 3.63) is 0 Å². The number of rotatable bonds is 25. The average Bonchev–Trinajstić information content (AvgIpc) is 2.82. The number of hydrogen-bond acceptors (Lipinski definition) is 7. The maximum Gasteiger partial charge on any atom is 0.472 e. The van der Waals surface area contributed by atoms with Gasteiger partial charge >= 0.3 is 13.8 Å². The number of carboxylic acids is 1. The normalized spacial score (nSPS) is 14.9. The second-order valence-electron chi connectivity index (χ2n) is 9.05. The number of aliphatic hydroxyl groups excluding tert-OH is 2. The molecule has 10 nitrogen and oxygen atoms in total. The fraction of sp³-hybridized carbons (Fsp3) is 0.917. The highest BCUT2D eigenvalue weighted by molar-refractivity contribution is 7.47. The molecule has 0 fully saturated rings. The Kier molecular flexibility index (Phi) is 21.5. The van der Waals surface area contributed by atoms with Crippen LogP contribution in [0, 0.1) is 0 Å². The van der Waals surface area contributed by atoms with Crippen LogP contribution in [0.1, 0.15) is 110 Å². The van der Waals surface area contributed by atoms with Crippen molar-refractivity contribution in [3.63, 3.8) is 0 Å². The van der Waals surface area contributed by atoms with Gasteiger partial charge in [-0.15, -0.1) is 0 Å². The minimum atomic E-state index is -4.64. The molecule has 0 aromatic rings. The van der Waals surface area contributed by atoms with E-state index < -0.39 is 51.7 Å². The van der Waals surface area contributed by atoms with Crippen LogP contribution in [0.5, 0.6) is 0 Å². The van der Waals surface area contributed by atoms with Crippen molar-refractivity contribution in [3.8, 4) is 0 Å². The van der Waals surface area contributed by atoms with E-state index in [2.05, 4.69) is 21.3 Å². The molecule has 0 spiro atoms. The predicted octanol–water partition coefficient (Wildman–Crippen LogP) is 4.30. The Morgan fingerprint density at radius 1 is 0.800 bits per heavy atom. The number of carbonyl (C=O) groups is 2. The molecule has 3 unspecified atom stereocenters. The molecule has 0 aliphatic heterocycles. The van der Waals surface area contributed by atoms with Crippen LogP contribution in [-0.2, 0) is 23.2 Å². The van der Waals surface area contributed by atoms with Gasteiger partial charge in [-0.1, -0.05) is 96.8 Å². The van der Waals surface area contributed by atoms with Crippen molar-refractivity contribution < 1.29 is 43.4 Å². The van der Waals surface area contributed by atoms with Crippen LogP contribution in [0.25, 0.3) is 0 Å². The number of unbranched alkanes of at least 4 members (excludes halogenated alkanes) is 14. The number of amides is 1. The summed E-state index contributed by atoms with van der Waals surface area (Å²) in [5.74, 6) is -1.88. The summed E-state index contributed by atoms with van der Waals surface area (Å²) in [6, 6.07) is -1.51. The molecule has 0 aliphatic carbocycles. The van der Waals surface area contributed by atoms with Gasteiger partial charge in [0.25, 0.3) is 0 Å². The number of phosphoric acid groups is 1. The monoisotopic (exact) mass is 525 g/mol. The second kappa shape index (κ2) is 22.2. The highest BCUT2D eigenvalue weighted by atomic mass is 31.2. The van der Waals surface area contributed by atoms with E-state index in [4.69, 9.17) is 10.2 Å². The molecule has 5 N–H and O–H groups in total. The maximum atomic E-state index is 12.0. The van der Waals surface area contributed by atoms with E-state index in [1.165, 1.54) is 70.6 Å². The van der Waals surface area contributed by atoms with Crippen LogP contribution in [0.2, 0.25) is 0 Å². The summed E-state index contributed by atoms with van der Waals surface area (Å²) in [5, 5.41) is 29.3. The number of aliphatic hydroxyl groups is 2. The van der Waals surface area contributed by atoms with Gasteiger partial charge in [0.2, 0.25) is 5.91 Å². The van der Waals surface area contributed by atoms with E-state index in [1.807, 2.05) is 0 Å². The molecule has 0 heterocycles. The maximum absolute atomic E-state index is 12.0. The first-order valence-electron chi connectivity index (χ1n) is 13.1. The first-order valence-corrected chi connectivity index (χ1v) is 14.6. The van der Waals surface area contributed by atoms with E-state index in [9.17, 15) is 24.2 Å². The standard InChI is InChI=1S/C24H48NO9P/c1-2-3-4-5-6-7-8-9-10-11-12-13-14-15-16-17-23(28)25-22(24(29)30)20-34-35(31,32)33-19-21(27)18-26/h21-22,26-27H,2-20H2,1H3,(H,25,28)(H,29,30)(H,31,32). The fourth-order valence-electron chi connectivity index (χ4n) is 3.54. The summed E-state index contributed by atoms with van der Waals surface area (Å²) in [4.78, 5) is 32.8. The minimum Gasteiger partial charge on any atom is -0.480 e. The Labute approximate surface area is 210 Å². The molecule has 208 valence electrons. The van der Waals surface area contributed by atoms with Crippen LogP contribution in [0.3, 0.4) is 0 Å². The topological polar surface area (TPSA) is 163 Å². The predicted molar refractivity (Wildman–Crippen MR) is 134 cm³/mol. The van der Waals surface area contributed by atoms with Gasteiger partial charge in [-0.3, -0.25) is 13.8 Å². The quantitative estimate of drug-likeness (QED) is 0.0863. The van der Waals surface area contributed by atoms with Gasteiger partial charge in [0.15, 0.2) is 6.04 Å². The molecule has 0 aromatic heterocycles. The number of carbonyl (C=O) groups excluding carboxylic acids is 1. The molecule has 11 heteroatoms. The van der Waals surface area contributed by atoms with Crippen LogP contribution in [0.4, 0.5) is 0 Å². The van der Waals surface area contributed by atoms with Gasteiger partial charge in [0.05, 0.1) is 19.8 Å². The van der Waals surface area contributed by atoms with Gasteiger partial charge in [-0.2, -0.15) is 0 Å². The molecular formula is C24H48NO9P. The number of nitrogens with one attached hydrogen (secondary N) is 1. The van der Waals surface area contributed by atoms with E-state index in [-0.39, 0.29) is 6.42 Å². The van der Waals surface area contributed by atoms with Gasteiger partial charge in [-0.05, 0) is 6.42 Å². The van der Waals surface area contributed by atoms with Gasteiger partial charge < -0.3 is 25.5 Å². The zero-order valence-electron chi connectivity index (χ0n) is 21.4. The molecule has 1 amide bonds. The lowest BCUT2D eigenvalue weighted by Crippen LogP contribution is -2.43. The third-order valence-corrected chi connectivity index (χ3v) is 6.64. The molecule has 35 heavy (non-hydrogen) atoms. The smallest absolute Gasteiger partial charge is 0.472 e. The van der Waals surface area contributed by atoms with Crippen LogP contribution in [-0.4, -0.2) is 64.1 Å². The summed E-state index contributed by atoms with van der Waals surface area (Å²) < 4.78 is 20.7. The number of hydrogen-bond donors (Lipinski definition) is 5. The molecule has 0 radical (unpaired) electrons. The van der Waals surface area contributed by atoms with Gasteiger partial charge in [0, 0.05) is 6.42 Å². The zero-order chi connectivity index (χ0) is 26.4. The number of carboxylic acid groups (broad SMARTS) is 1. The number of phosphoric ester groups is 1. The van der Waals surface area contributed by atoms with Crippen molar-refractivity contribution >= 4 is 19.7 Å². The fourth-order valence-corrected chi connectivity index (χ4v) is 4.31. The Hall–Kier alpha value is -1.03. The lowest BCUT2D eigenvalue weighted by atomic mass is 10.0. The highest BCUT2D eigenvalue weighted by Crippen LogP contribution is 2.43. The summed E-state index contributed by atoms with van der Waals surface area (Å²) in [7, 11) is -4.64. The van der Waals surface area contributed by atoms with E-state index in [0.717, 1.165) is 19.3 Å². The van der Waals surface area contributed by atoms with Crippen LogP contribution in [0.15, 0.2) is 0 Å². The highest BCUT2D eigenvalue weighted by Gasteiger charge is 2.28. The molecule has 0 rings (SSSR count). The SMILES string of the molecule is CCCCCCCCCCCCCCCCCC(=O)NC(COP(=O)(O)OCC(O)CO)C(=O)O. The second-order valence-corrected chi connectivity index (χ2v) is 10.5. The third kappa shape index (κ3) is 21.9. The summed E-state index contributed by atoms with van der Waals surface area (Å²) in [5.41, 5.74) is 0. The van der Waals surface area contributed by atoms with Gasteiger partial charge in [0.1, 0.15) is 6.10 Å². The van der Waals surface area contributed by atoms with Crippen molar-refractivity contribution in [2.75, 3.05) is 19.8 Å². The third-order valence-electron chi connectivity index (χ3n) is 5.69. The van der Waals surface area contributed by atoms with Crippen molar-refractivity contribution in [1.82, 2.24) is 5.32 Å². The van der Waals surface area contributed by atoms with Crippen LogP contribution >= 0.6 is 7.82 Å². The largest absolute Gasteiger partial charge is 0.480 e. The molecule has 0 bridgehead atoms. The Morgan fingerprint density at radius 2 is 1.23 bits per heavy atom. The first-order chi connectivity index (χ1) is 16.7. The lowest BCUT2D eigenvalue weighted by Gasteiger charge is -2.18. The van der Waals surface area contributed by atoms with E-state index in [1.54, 1.807) is 0 Å². The van der Waals surface area contributed by atoms with Crippen molar-refractivity contribution in [2.45, 2.75) is 122 Å². The molecular weight excluding hydrogens is 477 g/mol. The lowest BCUT2D eigenvalue weighted by molar-refractivity contribution is -0.142. The summed E-state index contributed by atoms with van der Waals surface area (Å²) in [6.07, 6.45) is 16.9. The van der Waals surface area contributed by atoms with E-state index in [0.29, 0.717) is 6.42 Å². The Morgan fingerprint density at radius 3 is 1.66 bits per heavy atom. The van der Waals surface area contributed by atoms with Crippen molar-refractivity contribution in [1.29, 1.82) is 0 Å². The first kappa shape index (κ1) is 34.0.